The Labute approximate surface area is 144 Å². The third-order valence-corrected chi connectivity index (χ3v) is 5.45. The summed E-state index contributed by atoms with van der Waals surface area (Å²) in [6.07, 6.45) is -0.743. The summed E-state index contributed by atoms with van der Waals surface area (Å²) in [4.78, 5) is 34.0. The molecule has 0 saturated carbocycles. The van der Waals surface area contributed by atoms with E-state index in [0.717, 1.165) is 10.6 Å². The van der Waals surface area contributed by atoms with Crippen LogP contribution in [-0.4, -0.2) is 28.9 Å². The zero-order valence-electron chi connectivity index (χ0n) is 13.5. The van der Waals surface area contributed by atoms with Gasteiger partial charge in [0.15, 0.2) is 6.10 Å². The van der Waals surface area contributed by atoms with Crippen molar-refractivity contribution in [3.05, 3.63) is 52.7 Å². The minimum absolute atomic E-state index is 0.142. The molecule has 3 atom stereocenters. The fourth-order valence-corrected chi connectivity index (χ4v) is 4.35. The van der Waals surface area contributed by atoms with Gasteiger partial charge in [-0.2, -0.15) is 0 Å². The molecule has 0 N–H and O–H groups in total. The Bertz CT molecular complexity index is 760. The number of hydrogen-bond acceptors (Lipinski definition) is 5. The summed E-state index contributed by atoms with van der Waals surface area (Å²) in [5.41, 5.74) is 0.849. The monoisotopic (exact) mass is 342 g/mol. The van der Waals surface area contributed by atoms with Crippen LogP contribution in [0, 0.1) is 5.92 Å². The topological polar surface area (TPSA) is 49.9 Å². The molecule has 1 aromatic heterocycles. The molecule has 2 amide bonds. The van der Waals surface area contributed by atoms with Gasteiger partial charge in [-0.15, -0.1) is 11.3 Å². The molecular weight excluding hydrogens is 324 g/mol. The summed E-state index contributed by atoms with van der Waals surface area (Å²) in [5.74, 6) is -0.879. The van der Waals surface area contributed by atoms with E-state index in [2.05, 4.69) is 0 Å². The quantitative estimate of drug-likeness (QED) is 0.805. The number of imide groups is 1. The van der Waals surface area contributed by atoms with Crippen molar-refractivity contribution in [2.24, 2.45) is 5.92 Å². The van der Waals surface area contributed by atoms with Gasteiger partial charge in [0.2, 0.25) is 5.91 Å². The Hall–Kier alpha value is -2.18. The second-order valence-electron chi connectivity index (χ2n) is 6.31. The molecule has 2 aliphatic rings. The number of rotatable bonds is 3. The van der Waals surface area contributed by atoms with Crippen molar-refractivity contribution < 1.29 is 14.4 Å². The molecule has 0 spiro atoms. The molecule has 2 aromatic rings. The average Bonchev–Trinajstić information content (AvgIpc) is 3.26. The van der Waals surface area contributed by atoms with E-state index < -0.39 is 12.0 Å². The van der Waals surface area contributed by atoms with Gasteiger partial charge in [0.25, 0.3) is 5.91 Å². The molecule has 2 fully saturated rings. The number of hydroxylamine groups is 1. The van der Waals surface area contributed by atoms with Crippen LogP contribution in [0.3, 0.4) is 0 Å². The SMILES string of the molecule is CC(C)N1C(=O)[C@@H]2[C@H](ON(c3ccccc3)[C@H]2c2cccs2)C1=O. The number of hydrogen-bond donors (Lipinski definition) is 0. The summed E-state index contributed by atoms with van der Waals surface area (Å²) >= 11 is 1.58. The molecule has 24 heavy (non-hydrogen) atoms. The Morgan fingerprint density at radius 2 is 1.79 bits per heavy atom. The predicted octanol–water partition coefficient (Wildman–Crippen LogP) is 3.00. The molecule has 124 valence electrons. The highest BCUT2D eigenvalue weighted by Gasteiger charge is 2.60. The molecule has 0 bridgehead atoms. The van der Waals surface area contributed by atoms with E-state index in [-0.39, 0.29) is 23.9 Å². The van der Waals surface area contributed by atoms with Crippen LogP contribution in [0.15, 0.2) is 47.8 Å². The lowest BCUT2D eigenvalue weighted by molar-refractivity contribution is -0.145. The van der Waals surface area contributed by atoms with E-state index >= 15 is 0 Å². The van der Waals surface area contributed by atoms with Gasteiger partial charge in [0.1, 0.15) is 12.0 Å². The van der Waals surface area contributed by atoms with Crippen molar-refractivity contribution in [1.29, 1.82) is 0 Å². The third kappa shape index (κ3) is 2.17. The fourth-order valence-electron chi connectivity index (χ4n) is 3.49. The van der Waals surface area contributed by atoms with E-state index in [4.69, 9.17) is 4.84 Å². The molecule has 0 radical (unpaired) electrons. The Morgan fingerprint density at radius 3 is 2.42 bits per heavy atom. The van der Waals surface area contributed by atoms with E-state index in [1.54, 1.807) is 16.4 Å². The fraction of sp³-hybridized carbons (Fsp3) is 0.333. The first-order chi connectivity index (χ1) is 11.6. The smallest absolute Gasteiger partial charge is 0.262 e. The molecule has 2 aliphatic heterocycles. The molecule has 6 heteroatoms. The zero-order valence-corrected chi connectivity index (χ0v) is 14.3. The van der Waals surface area contributed by atoms with Gasteiger partial charge < -0.3 is 0 Å². The second-order valence-corrected chi connectivity index (χ2v) is 7.29. The lowest BCUT2D eigenvalue weighted by atomic mass is 9.95. The molecular formula is C18H18N2O3S. The average molecular weight is 342 g/mol. The summed E-state index contributed by atoms with van der Waals surface area (Å²) in [5, 5.41) is 3.71. The number of para-hydroxylation sites is 1. The number of likely N-dealkylation sites (tertiary alicyclic amines) is 1. The number of anilines is 1. The maximum Gasteiger partial charge on any atom is 0.262 e. The molecule has 4 rings (SSSR count). The van der Waals surface area contributed by atoms with E-state index in [9.17, 15) is 9.59 Å². The van der Waals surface area contributed by atoms with Crippen LogP contribution in [0.4, 0.5) is 5.69 Å². The first-order valence-electron chi connectivity index (χ1n) is 8.01. The van der Waals surface area contributed by atoms with Gasteiger partial charge in [0, 0.05) is 10.9 Å². The van der Waals surface area contributed by atoms with Crippen molar-refractivity contribution in [2.45, 2.75) is 32.0 Å². The summed E-state index contributed by atoms with van der Waals surface area (Å²) in [6, 6.07) is 13.1. The van der Waals surface area contributed by atoms with Crippen LogP contribution in [0.2, 0.25) is 0 Å². The Balaban J connectivity index is 1.78. The maximum atomic E-state index is 12.9. The molecule has 0 aliphatic carbocycles. The van der Waals surface area contributed by atoms with Gasteiger partial charge in [-0.05, 0) is 37.4 Å². The van der Waals surface area contributed by atoms with Crippen molar-refractivity contribution >= 4 is 28.8 Å². The predicted molar refractivity (Wildman–Crippen MR) is 91.3 cm³/mol. The number of benzene rings is 1. The number of nitrogens with zero attached hydrogens (tertiary/aromatic N) is 2. The van der Waals surface area contributed by atoms with Crippen LogP contribution in [-0.2, 0) is 14.4 Å². The van der Waals surface area contributed by atoms with Crippen molar-refractivity contribution in [1.82, 2.24) is 4.90 Å². The lowest BCUT2D eigenvalue weighted by Crippen LogP contribution is -2.41. The number of carbonyl (C=O) groups excluding carboxylic acids is 2. The standard InChI is InChI=1S/C18H18N2O3S/c1-11(2)19-17(21)14-15(13-9-6-10-24-13)20(23-16(14)18(19)22)12-7-4-3-5-8-12/h3-11,14-16H,1-2H3/t14-,15-,16-/m0/s1. The maximum absolute atomic E-state index is 12.9. The van der Waals surface area contributed by atoms with Crippen molar-refractivity contribution in [3.8, 4) is 0 Å². The van der Waals surface area contributed by atoms with Gasteiger partial charge in [-0.25, -0.2) is 5.06 Å². The zero-order chi connectivity index (χ0) is 16.8. The molecule has 1 aromatic carbocycles. The summed E-state index contributed by atoms with van der Waals surface area (Å²) < 4.78 is 0. The van der Waals surface area contributed by atoms with Crippen LogP contribution in [0.25, 0.3) is 0 Å². The van der Waals surface area contributed by atoms with Gasteiger partial charge >= 0.3 is 0 Å². The first kappa shape index (κ1) is 15.4. The molecule has 0 unspecified atom stereocenters. The number of carbonyl (C=O) groups is 2. The Kier molecular flexibility index (Phi) is 3.66. The van der Waals surface area contributed by atoms with Crippen molar-refractivity contribution in [2.75, 3.05) is 5.06 Å². The minimum Gasteiger partial charge on any atom is -0.277 e. The minimum atomic E-state index is -0.743. The van der Waals surface area contributed by atoms with E-state index in [1.807, 2.05) is 61.7 Å². The van der Waals surface area contributed by atoms with Crippen molar-refractivity contribution in [3.63, 3.8) is 0 Å². The lowest BCUT2D eigenvalue weighted by Gasteiger charge is -2.28. The normalized spacial score (nSPS) is 26.5. The first-order valence-corrected chi connectivity index (χ1v) is 8.89. The highest BCUT2D eigenvalue weighted by atomic mass is 32.1. The largest absolute Gasteiger partial charge is 0.277 e. The van der Waals surface area contributed by atoms with E-state index in [1.165, 1.54) is 4.90 Å². The van der Waals surface area contributed by atoms with Crippen LogP contribution < -0.4 is 5.06 Å². The van der Waals surface area contributed by atoms with Crippen LogP contribution in [0.5, 0.6) is 0 Å². The third-order valence-electron chi connectivity index (χ3n) is 4.51. The summed E-state index contributed by atoms with van der Waals surface area (Å²) in [6.45, 7) is 3.71. The van der Waals surface area contributed by atoms with Gasteiger partial charge in [0.05, 0.1) is 5.69 Å². The number of thiophene rings is 1. The number of amides is 2. The summed E-state index contributed by atoms with van der Waals surface area (Å²) in [7, 11) is 0. The van der Waals surface area contributed by atoms with Crippen LogP contribution in [0.1, 0.15) is 24.8 Å². The molecule has 5 nitrogen and oxygen atoms in total. The van der Waals surface area contributed by atoms with Gasteiger partial charge in [-0.3, -0.25) is 19.3 Å². The highest BCUT2D eigenvalue weighted by Crippen LogP contribution is 2.47. The van der Waals surface area contributed by atoms with E-state index in [0.29, 0.717) is 0 Å². The second kappa shape index (κ2) is 5.72. The molecule has 2 saturated heterocycles. The molecule has 3 heterocycles. The number of fused-ring (bicyclic) bond motifs is 1. The van der Waals surface area contributed by atoms with Gasteiger partial charge in [-0.1, -0.05) is 24.3 Å². The van der Waals surface area contributed by atoms with Crippen LogP contribution >= 0.6 is 11.3 Å². The Morgan fingerprint density at radius 1 is 1.04 bits per heavy atom. The highest BCUT2D eigenvalue weighted by molar-refractivity contribution is 7.10.